The molecule has 1 amide bonds. The number of rotatable bonds is 7. The van der Waals surface area contributed by atoms with Crippen LogP contribution in [-0.4, -0.2) is 54.6 Å². The molecule has 0 aromatic heterocycles. The summed E-state index contributed by atoms with van der Waals surface area (Å²) in [5, 5.41) is 20.4. The van der Waals surface area contributed by atoms with Gasteiger partial charge < -0.3 is 26.0 Å². The molecule has 0 heterocycles. The first-order valence-electron chi connectivity index (χ1n) is 4.77. The van der Waals surface area contributed by atoms with E-state index < -0.39 is 17.5 Å². The van der Waals surface area contributed by atoms with Crippen LogP contribution in [0.4, 0.5) is 0 Å². The fourth-order valence-electron chi connectivity index (χ4n) is 0.895. The van der Waals surface area contributed by atoms with Crippen molar-refractivity contribution < 1.29 is 19.7 Å². The molecule has 5 N–H and O–H groups in total. The summed E-state index contributed by atoms with van der Waals surface area (Å²) in [6.07, 6.45) is 0.398. The molecule has 1 unspecified atom stereocenters. The highest BCUT2D eigenvalue weighted by atomic mass is 16.5. The Bertz CT molecular complexity index is 195. The zero-order valence-corrected chi connectivity index (χ0v) is 9.19. The third kappa shape index (κ3) is 5.08. The summed E-state index contributed by atoms with van der Waals surface area (Å²) in [6, 6.07) is -0.692. The number of amides is 1. The van der Waals surface area contributed by atoms with Crippen LogP contribution >= 0.6 is 0 Å². The van der Waals surface area contributed by atoms with Crippen LogP contribution in [0.2, 0.25) is 0 Å². The van der Waals surface area contributed by atoms with Crippen molar-refractivity contribution in [3.05, 3.63) is 0 Å². The van der Waals surface area contributed by atoms with Crippen molar-refractivity contribution in [1.82, 2.24) is 5.32 Å². The van der Waals surface area contributed by atoms with E-state index in [-0.39, 0.29) is 13.2 Å². The lowest BCUT2D eigenvalue weighted by molar-refractivity contribution is -0.125. The first-order valence-corrected chi connectivity index (χ1v) is 4.77. The van der Waals surface area contributed by atoms with Crippen LogP contribution in [-0.2, 0) is 9.53 Å². The largest absolute Gasteiger partial charge is 0.394 e. The van der Waals surface area contributed by atoms with Gasteiger partial charge in [0.1, 0.15) is 0 Å². The average molecular weight is 220 g/mol. The molecule has 0 aliphatic carbocycles. The van der Waals surface area contributed by atoms with Gasteiger partial charge in [0.25, 0.3) is 0 Å². The molecule has 0 bridgehead atoms. The number of aliphatic hydroxyl groups is 2. The summed E-state index contributed by atoms with van der Waals surface area (Å²) in [5.41, 5.74) is 4.54. The van der Waals surface area contributed by atoms with Gasteiger partial charge >= 0.3 is 0 Å². The maximum Gasteiger partial charge on any atom is 0.237 e. The Morgan fingerprint density at radius 1 is 1.53 bits per heavy atom. The number of nitrogens with one attached hydrogen (secondary N) is 1. The van der Waals surface area contributed by atoms with Crippen molar-refractivity contribution in [3.8, 4) is 0 Å². The molecule has 1 atom stereocenters. The molecule has 0 radical (unpaired) electrons. The molecule has 0 fully saturated rings. The van der Waals surface area contributed by atoms with Crippen LogP contribution in [0, 0.1) is 0 Å². The van der Waals surface area contributed by atoms with E-state index in [1.165, 1.54) is 14.0 Å². The van der Waals surface area contributed by atoms with Gasteiger partial charge in [0.15, 0.2) is 0 Å². The van der Waals surface area contributed by atoms with Gasteiger partial charge in [-0.15, -0.1) is 0 Å². The second-order valence-corrected chi connectivity index (χ2v) is 3.75. The molecule has 15 heavy (non-hydrogen) atoms. The molecule has 0 saturated heterocycles. The van der Waals surface area contributed by atoms with Crippen LogP contribution in [0.3, 0.4) is 0 Å². The third-order valence-corrected chi connectivity index (χ3v) is 2.09. The van der Waals surface area contributed by atoms with Crippen molar-refractivity contribution >= 4 is 5.91 Å². The number of ether oxygens (including phenoxy) is 1. The minimum Gasteiger partial charge on any atom is -0.394 e. The van der Waals surface area contributed by atoms with Crippen LogP contribution in [0.1, 0.15) is 13.3 Å². The highest BCUT2D eigenvalue weighted by Gasteiger charge is 2.26. The zero-order valence-electron chi connectivity index (χ0n) is 9.19. The predicted octanol–water partition coefficient (Wildman–Crippen LogP) is -1.79. The number of hydrogen-bond donors (Lipinski definition) is 4. The number of carbonyl (C=O) groups excluding carboxylic acids is 1. The number of carbonyl (C=O) groups is 1. The molecular weight excluding hydrogens is 200 g/mol. The molecule has 0 rings (SSSR count). The minimum absolute atomic E-state index is 0.341. The maximum absolute atomic E-state index is 11.5. The lowest BCUT2D eigenvalue weighted by Crippen LogP contribution is -2.56. The van der Waals surface area contributed by atoms with Crippen LogP contribution in [0.5, 0.6) is 0 Å². The van der Waals surface area contributed by atoms with E-state index in [1.54, 1.807) is 0 Å². The summed E-state index contributed by atoms with van der Waals surface area (Å²) in [4.78, 5) is 11.5. The summed E-state index contributed by atoms with van der Waals surface area (Å²) < 4.78 is 4.79. The van der Waals surface area contributed by atoms with E-state index >= 15 is 0 Å². The molecule has 6 heteroatoms. The third-order valence-electron chi connectivity index (χ3n) is 2.09. The molecule has 0 aromatic rings. The second-order valence-electron chi connectivity index (χ2n) is 3.75. The fraction of sp³-hybridized carbons (Fsp3) is 0.889. The normalized spacial score (nSPS) is 13.7. The molecule has 90 valence electrons. The Kier molecular flexibility index (Phi) is 6.42. The van der Waals surface area contributed by atoms with E-state index in [0.717, 1.165) is 0 Å². The topological polar surface area (TPSA) is 105 Å². The van der Waals surface area contributed by atoms with E-state index in [9.17, 15) is 4.79 Å². The lowest BCUT2D eigenvalue weighted by atomic mass is 10.0. The van der Waals surface area contributed by atoms with E-state index in [1.807, 2.05) is 0 Å². The van der Waals surface area contributed by atoms with Crippen LogP contribution in [0.15, 0.2) is 0 Å². The zero-order chi connectivity index (χ0) is 11.9. The highest BCUT2D eigenvalue weighted by molar-refractivity contribution is 5.82. The van der Waals surface area contributed by atoms with Crippen LogP contribution in [0.25, 0.3) is 0 Å². The minimum atomic E-state index is -1.03. The Hall–Kier alpha value is -0.690. The number of nitrogens with two attached hydrogens (primary N) is 1. The van der Waals surface area contributed by atoms with Gasteiger partial charge in [-0.2, -0.15) is 0 Å². The Balaban J connectivity index is 4.10. The monoisotopic (exact) mass is 220 g/mol. The number of methoxy groups -OCH3 is 1. The molecule has 0 aliphatic rings. The maximum atomic E-state index is 11.5. The van der Waals surface area contributed by atoms with Gasteiger partial charge in [-0.3, -0.25) is 4.79 Å². The van der Waals surface area contributed by atoms with Gasteiger partial charge in [0.05, 0.1) is 24.8 Å². The first-order chi connectivity index (χ1) is 6.99. The fourth-order valence-corrected chi connectivity index (χ4v) is 0.895. The quantitative estimate of drug-likeness (QED) is 0.405. The smallest absolute Gasteiger partial charge is 0.237 e. The lowest BCUT2D eigenvalue weighted by Gasteiger charge is -2.27. The van der Waals surface area contributed by atoms with Crippen molar-refractivity contribution in [1.29, 1.82) is 0 Å². The van der Waals surface area contributed by atoms with Gasteiger partial charge in [0.2, 0.25) is 5.91 Å². The summed E-state index contributed by atoms with van der Waals surface area (Å²) in [6.45, 7) is 1.25. The first kappa shape index (κ1) is 14.3. The van der Waals surface area contributed by atoms with Gasteiger partial charge in [-0.25, -0.2) is 0 Å². The molecule has 0 aliphatic heterocycles. The SMILES string of the molecule is COCCC(N)C(=O)NC(C)(CO)CO. The second kappa shape index (κ2) is 6.73. The molecule has 6 nitrogen and oxygen atoms in total. The van der Waals surface area contributed by atoms with E-state index in [0.29, 0.717) is 13.0 Å². The summed E-state index contributed by atoms with van der Waals surface area (Å²) in [7, 11) is 1.52. The predicted molar refractivity (Wildman–Crippen MR) is 55.2 cm³/mol. The average Bonchev–Trinajstić information content (AvgIpc) is 2.25. The van der Waals surface area contributed by atoms with Gasteiger partial charge in [0, 0.05) is 13.7 Å². The van der Waals surface area contributed by atoms with Crippen molar-refractivity contribution in [2.75, 3.05) is 26.9 Å². The summed E-state index contributed by atoms with van der Waals surface area (Å²) in [5.74, 6) is -0.405. The summed E-state index contributed by atoms with van der Waals surface area (Å²) >= 11 is 0. The standard InChI is InChI=1S/C9H20N2O4/c1-9(5-12,6-13)11-8(14)7(10)3-4-15-2/h7,12-13H,3-6,10H2,1-2H3,(H,11,14). The molecule has 0 spiro atoms. The van der Waals surface area contributed by atoms with Crippen molar-refractivity contribution in [2.45, 2.75) is 24.9 Å². The van der Waals surface area contributed by atoms with Crippen LogP contribution < -0.4 is 11.1 Å². The Morgan fingerprint density at radius 3 is 2.47 bits per heavy atom. The molecule has 0 aromatic carbocycles. The van der Waals surface area contributed by atoms with Gasteiger partial charge in [-0.1, -0.05) is 0 Å². The number of aliphatic hydroxyl groups excluding tert-OH is 2. The Labute approximate surface area is 89.4 Å². The molecule has 0 saturated carbocycles. The Morgan fingerprint density at radius 2 is 2.07 bits per heavy atom. The van der Waals surface area contributed by atoms with Crippen molar-refractivity contribution in [2.24, 2.45) is 5.73 Å². The molecular formula is C9H20N2O4. The van der Waals surface area contributed by atoms with E-state index in [4.69, 9.17) is 20.7 Å². The number of hydrogen-bond acceptors (Lipinski definition) is 5. The highest BCUT2D eigenvalue weighted by Crippen LogP contribution is 2.01. The van der Waals surface area contributed by atoms with E-state index in [2.05, 4.69) is 5.32 Å². The van der Waals surface area contributed by atoms with Crippen molar-refractivity contribution in [3.63, 3.8) is 0 Å². The van der Waals surface area contributed by atoms with Gasteiger partial charge in [-0.05, 0) is 13.3 Å².